The van der Waals surface area contributed by atoms with E-state index in [0.29, 0.717) is 11.1 Å². The van der Waals surface area contributed by atoms with Gasteiger partial charge >= 0.3 is 5.63 Å². The maximum Gasteiger partial charge on any atom is 0.358 e. The molecule has 6 heteroatoms. The van der Waals surface area contributed by atoms with Crippen LogP contribution in [0.15, 0.2) is 57.9 Å². The summed E-state index contributed by atoms with van der Waals surface area (Å²) in [7, 11) is 0. The van der Waals surface area contributed by atoms with Crippen LogP contribution in [0.3, 0.4) is 0 Å². The van der Waals surface area contributed by atoms with Crippen molar-refractivity contribution in [3.63, 3.8) is 0 Å². The Labute approximate surface area is 138 Å². The molecule has 3 aromatic rings. The number of nitrogens with zero attached hydrogens (tertiary/aromatic N) is 2. The third-order valence-electron chi connectivity index (χ3n) is 3.66. The average Bonchev–Trinajstić information content (AvgIpc) is 2.60. The molecule has 1 N–H and O–H groups in total. The van der Waals surface area contributed by atoms with Gasteiger partial charge in [-0.1, -0.05) is 18.2 Å². The molecule has 0 aliphatic rings. The summed E-state index contributed by atoms with van der Waals surface area (Å²) < 4.78 is 5.22. The quantitative estimate of drug-likeness (QED) is 0.779. The first-order chi connectivity index (χ1) is 11.6. The van der Waals surface area contributed by atoms with Crippen molar-refractivity contribution >= 4 is 17.0 Å². The number of rotatable bonds is 5. The lowest BCUT2D eigenvalue weighted by Gasteiger charge is -2.12. The molecule has 0 spiro atoms. The van der Waals surface area contributed by atoms with Crippen LogP contribution in [0.25, 0.3) is 11.1 Å². The van der Waals surface area contributed by atoms with Gasteiger partial charge in [-0.2, -0.15) is 0 Å². The number of benzene rings is 1. The molecule has 0 saturated heterocycles. The van der Waals surface area contributed by atoms with Crippen molar-refractivity contribution in [1.82, 2.24) is 15.3 Å². The van der Waals surface area contributed by atoms with Gasteiger partial charge < -0.3 is 9.73 Å². The van der Waals surface area contributed by atoms with E-state index in [2.05, 4.69) is 15.3 Å². The smallest absolute Gasteiger partial charge is 0.358 e. The van der Waals surface area contributed by atoms with Crippen LogP contribution in [0.4, 0.5) is 0 Å². The van der Waals surface area contributed by atoms with Gasteiger partial charge in [-0.25, -0.2) is 9.78 Å². The first kappa shape index (κ1) is 15.9. The summed E-state index contributed by atoms with van der Waals surface area (Å²) in [4.78, 5) is 32.5. The van der Waals surface area contributed by atoms with Crippen molar-refractivity contribution < 1.29 is 9.21 Å². The number of hydrogen-bond donors (Lipinski definition) is 1. The molecule has 122 valence electrons. The summed E-state index contributed by atoms with van der Waals surface area (Å²) in [5.41, 5.74) is 1.59. The van der Waals surface area contributed by atoms with Crippen molar-refractivity contribution in [1.29, 1.82) is 0 Å². The highest BCUT2D eigenvalue weighted by Crippen LogP contribution is 2.11. The Balaban J connectivity index is 1.64. The number of nitrogens with one attached hydrogen (secondary N) is 1. The molecule has 0 aliphatic carbocycles. The largest absolute Gasteiger partial charge is 0.420 e. The van der Waals surface area contributed by atoms with E-state index in [9.17, 15) is 9.59 Å². The molecular weight excluding hydrogens is 306 g/mol. The molecule has 0 fully saturated rings. The molecule has 2 heterocycles. The number of aromatic nitrogens is 2. The molecule has 0 radical (unpaired) electrons. The summed E-state index contributed by atoms with van der Waals surface area (Å²) in [6.45, 7) is 1.86. The highest BCUT2D eigenvalue weighted by atomic mass is 16.4. The van der Waals surface area contributed by atoms with Crippen molar-refractivity contribution in [3.05, 3.63) is 70.5 Å². The van der Waals surface area contributed by atoms with E-state index >= 15 is 0 Å². The maximum absolute atomic E-state index is 12.1. The fourth-order valence-electron chi connectivity index (χ4n) is 2.40. The van der Waals surface area contributed by atoms with Gasteiger partial charge in [0.15, 0.2) is 5.58 Å². The van der Waals surface area contributed by atoms with E-state index in [4.69, 9.17) is 4.42 Å². The minimum absolute atomic E-state index is 0.160. The minimum Gasteiger partial charge on any atom is -0.420 e. The van der Waals surface area contributed by atoms with Gasteiger partial charge in [0.25, 0.3) is 0 Å². The minimum atomic E-state index is -0.501. The van der Waals surface area contributed by atoms with E-state index in [1.807, 2.05) is 31.2 Å². The molecule has 0 bridgehead atoms. The Morgan fingerprint density at radius 1 is 1.21 bits per heavy atom. The molecule has 3 rings (SSSR count). The first-order valence-corrected chi connectivity index (χ1v) is 7.72. The maximum atomic E-state index is 12.1. The average molecular weight is 323 g/mol. The number of hydrogen-bond acceptors (Lipinski definition) is 5. The number of pyridine rings is 1. The van der Waals surface area contributed by atoms with Crippen LogP contribution in [0.1, 0.15) is 30.8 Å². The lowest BCUT2D eigenvalue weighted by atomic mass is 10.2. The highest BCUT2D eigenvalue weighted by molar-refractivity contribution is 5.76. The van der Waals surface area contributed by atoms with E-state index < -0.39 is 5.63 Å². The number of carbonyl (C=O) groups excluding carboxylic acids is 1. The van der Waals surface area contributed by atoms with Crippen LogP contribution in [0, 0.1) is 0 Å². The van der Waals surface area contributed by atoms with Crippen LogP contribution in [-0.4, -0.2) is 15.9 Å². The van der Waals surface area contributed by atoms with Gasteiger partial charge in [0.1, 0.15) is 11.2 Å². The topological polar surface area (TPSA) is 85.1 Å². The lowest BCUT2D eigenvalue weighted by molar-refractivity contribution is -0.121. The molecule has 0 aliphatic heterocycles. The van der Waals surface area contributed by atoms with E-state index in [1.54, 1.807) is 24.4 Å². The number of carbonyl (C=O) groups is 1. The molecule has 1 aromatic carbocycles. The molecule has 24 heavy (non-hydrogen) atoms. The Morgan fingerprint density at radius 2 is 2.00 bits per heavy atom. The van der Waals surface area contributed by atoms with Gasteiger partial charge in [-0.15, -0.1) is 0 Å². The number of aryl methyl sites for hydroxylation is 1. The van der Waals surface area contributed by atoms with Crippen molar-refractivity contribution in [2.45, 2.75) is 25.8 Å². The van der Waals surface area contributed by atoms with Crippen LogP contribution >= 0.6 is 0 Å². The second-order valence-corrected chi connectivity index (χ2v) is 5.46. The molecule has 1 amide bonds. The molecule has 2 aromatic heterocycles. The zero-order valence-corrected chi connectivity index (χ0v) is 13.2. The first-order valence-electron chi connectivity index (χ1n) is 7.72. The zero-order chi connectivity index (χ0) is 16.9. The summed E-state index contributed by atoms with van der Waals surface area (Å²) in [5.74, 6) is -0.164. The summed E-state index contributed by atoms with van der Waals surface area (Å²) in [6.07, 6.45) is 2.07. The van der Waals surface area contributed by atoms with Crippen LogP contribution < -0.4 is 10.9 Å². The molecule has 0 saturated carbocycles. The summed E-state index contributed by atoms with van der Waals surface area (Å²) >= 11 is 0. The Hall–Kier alpha value is -3.02. The summed E-state index contributed by atoms with van der Waals surface area (Å²) in [6, 6.07) is 12.4. The van der Waals surface area contributed by atoms with E-state index in [-0.39, 0.29) is 30.5 Å². The van der Waals surface area contributed by atoms with E-state index in [0.717, 1.165) is 5.69 Å². The predicted octanol–water partition coefficient (Wildman–Crippen LogP) is 2.39. The molecule has 1 atom stereocenters. The van der Waals surface area contributed by atoms with Gasteiger partial charge in [0.05, 0.1) is 11.7 Å². The molecular formula is C18H17N3O3. The molecule has 1 unspecified atom stereocenters. The van der Waals surface area contributed by atoms with Crippen molar-refractivity contribution in [2.24, 2.45) is 0 Å². The number of fused-ring (bicyclic) bond motifs is 1. The number of para-hydroxylation sites is 2. The van der Waals surface area contributed by atoms with E-state index in [1.165, 1.54) is 0 Å². The zero-order valence-electron chi connectivity index (χ0n) is 13.2. The lowest BCUT2D eigenvalue weighted by Crippen LogP contribution is -2.28. The van der Waals surface area contributed by atoms with Crippen molar-refractivity contribution in [2.75, 3.05) is 0 Å². The Bertz CT molecular complexity index is 906. The number of amides is 1. The van der Waals surface area contributed by atoms with Gasteiger partial charge in [-0.05, 0) is 31.2 Å². The molecule has 6 nitrogen and oxygen atoms in total. The fraction of sp³-hybridized carbons (Fsp3) is 0.222. The van der Waals surface area contributed by atoms with Crippen LogP contribution in [-0.2, 0) is 11.2 Å². The second kappa shape index (κ2) is 7.04. The van der Waals surface area contributed by atoms with Gasteiger partial charge in [-0.3, -0.25) is 9.78 Å². The normalized spacial score (nSPS) is 12.0. The van der Waals surface area contributed by atoms with Crippen LogP contribution in [0.5, 0.6) is 0 Å². The third-order valence-corrected chi connectivity index (χ3v) is 3.66. The standard InChI is InChI=1S/C18H17N3O3/c1-12(13-6-4-5-11-19-13)20-17(22)10-9-15-18(23)24-16-8-3-2-7-14(16)21-15/h2-8,11-12H,9-10H2,1H3,(H,20,22). The highest BCUT2D eigenvalue weighted by Gasteiger charge is 2.13. The monoisotopic (exact) mass is 323 g/mol. The second-order valence-electron chi connectivity index (χ2n) is 5.46. The third kappa shape index (κ3) is 3.65. The van der Waals surface area contributed by atoms with Gasteiger partial charge in [0, 0.05) is 19.0 Å². The Morgan fingerprint density at radius 3 is 2.79 bits per heavy atom. The fourth-order valence-corrected chi connectivity index (χ4v) is 2.40. The van der Waals surface area contributed by atoms with Crippen molar-refractivity contribution in [3.8, 4) is 0 Å². The van der Waals surface area contributed by atoms with Gasteiger partial charge in [0.2, 0.25) is 5.91 Å². The van der Waals surface area contributed by atoms with Crippen LogP contribution in [0.2, 0.25) is 0 Å². The Kier molecular flexibility index (Phi) is 4.65. The summed E-state index contributed by atoms with van der Waals surface area (Å²) in [5, 5.41) is 2.86. The predicted molar refractivity (Wildman–Crippen MR) is 89.4 cm³/mol. The SMILES string of the molecule is CC(NC(=O)CCc1nc2ccccc2oc1=O)c1ccccn1.